The van der Waals surface area contributed by atoms with Crippen molar-refractivity contribution in [1.29, 1.82) is 0 Å². The van der Waals surface area contributed by atoms with Crippen molar-refractivity contribution in [3.8, 4) is 0 Å². The first kappa shape index (κ1) is 10.5. The third-order valence-corrected chi connectivity index (χ3v) is 3.67. The van der Waals surface area contributed by atoms with Gasteiger partial charge in [-0.1, -0.05) is 26.7 Å². The Morgan fingerprint density at radius 1 is 1.46 bits per heavy atom. The lowest BCUT2D eigenvalue weighted by atomic mass is 9.73. The van der Waals surface area contributed by atoms with E-state index in [9.17, 15) is 4.79 Å². The molecule has 1 fully saturated rings. The van der Waals surface area contributed by atoms with Gasteiger partial charge < -0.3 is 10.8 Å². The minimum Gasteiger partial charge on any atom is -0.480 e. The molecule has 1 aliphatic rings. The molecule has 2 unspecified atom stereocenters. The molecule has 0 bridgehead atoms. The van der Waals surface area contributed by atoms with E-state index in [1.54, 1.807) is 0 Å². The van der Waals surface area contributed by atoms with Gasteiger partial charge in [0.05, 0.1) is 0 Å². The van der Waals surface area contributed by atoms with Crippen LogP contribution >= 0.6 is 0 Å². The zero-order valence-electron chi connectivity index (χ0n) is 8.42. The number of carboxylic acids is 1. The van der Waals surface area contributed by atoms with Gasteiger partial charge in [-0.15, -0.1) is 0 Å². The zero-order chi connectivity index (χ0) is 10.1. The molecular formula is C10H19NO2. The molecule has 1 saturated carbocycles. The van der Waals surface area contributed by atoms with Gasteiger partial charge in [0.15, 0.2) is 0 Å². The summed E-state index contributed by atoms with van der Waals surface area (Å²) in [7, 11) is 0. The summed E-state index contributed by atoms with van der Waals surface area (Å²) in [6, 6.07) is -0.705. The Morgan fingerprint density at radius 3 is 2.31 bits per heavy atom. The van der Waals surface area contributed by atoms with E-state index in [0.717, 1.165) is 12.8 Å². The number of rotatable bonds is 3. The Bertz CT molecular complexity index is 197. The van der Waals surface area contributed by atoms with Crippen LogP contribution < -0.4 is 5.73 Å². The smallest absolute Gasteiger partial charge is 0.320 e. The largest absolute Gasteiger partial charge is 0.480 e. The first-order chi connectivity index (χ1) is 5.97. The fourth-order valence-corrected chi connectivity index (χ4v) is 2.29. The number of carbonyl (C=O) groups is 1. The van der Waals surface area contributed by atoms with E-state index >= 15 is 0 Å². The van der Waals surface area contributed by atoms with E-state index in [1.807, 2.05) is 6.92 Å². The molecule has 3 heteroatoms. The predicted molar refractivity (Wildman–Crippen MR) is 51.4 cm³/mol. The summed E-state index contributed by atoms with van der Waals surface area (Å²) in [5, 5.41) is 8.80. The predicted octanol–water partition coefficient (Wildman–Crippen LogP) is 1.61. The highest BCUT2D eigenvalue weighted by Crippen LogP contribution is 2.44. The monoisotopic (exact) mass is 185 g/mol. The van der Waals surface area contributed by atoms with E-state index in [2.05, 4.69) is 6.92 Å². The molecule has 0 aliphatic heterocycles. The number of hydrogen-bond donors (Lipinski definition) is 2. The number of carboxylic acid groups (broad SMARTS) is 1. The first-order valence-electron chi connectivity index (χ1n) is 4.96. The average Bonchev–Trinajstić information content (AvgIpc) is 2.50. The number of nitrogens with two attached hydrogens (primary N) is 1. The molecule has 0 aromatic heterocycles. The second-order valence-corrected chi connectivity index (χ2v) is 4.51. The second kappa shape index (κ2) is 3.66. The first-order valence-corrected chi connectivity index (χ1v) is 4.96. The maximum Gasteiger partial charge on any atom is 0.320 e. The van der Waals surface area contributed by atoms with Crippen molar-refractivity contribution in [3.05, 3.63) is 0 Å². The van der Waals surface area contributed by atoms with Crippen LogP contribution in [0.2, 0.25) is 0 Å². The minimum absolute atomic E-state index is 0.0764. The van der Waals surface area contributed by atoms with Gasteiger partial charge in [0.2, 0.25) is 0 Å². The van der Waals surface area contributed by atoms with Crippen LogP contribution in [0.25, 0.3) is 0 Å². The van der Waals surface area contributed by atoms with Crippen molar-refractivity contribution in [1.82, 2.24) is 0 Å². The van der Waals surface area contributed by atoms with E-state index in [1.165, 1.54) is 12.8 Å². The standard InChI is InChI=1S/C10H19NO2/c1-7(8(11)9(12)13)10(2)5-3-4-6-10/h7-8H,3-6,11H2,1-2H3,(H,12,13). The summed E-state index contributed by atoms with van der Waals surface area (Å²) in [6.45, 7) is 4.12. The van der Waals surface area contributed by atoms with Gasteiger partial charge in [0.25, 0.3) is 0 Å². The van der Waals surface area contributed by atoms with Gasteiger partial charge >= 0.3 is 5.97 Å². The van der Waals surface area contributed by atoms with Gasteiger partial charge in [-0.05, 0) is 24.2 Å². The molecule has 1 aliphatic carbocycles. The summed E-state index contributed by atoms with van der Waals surface area (Å²) in [6.07, 6.45) is 4.67. The molecule has 0 aromatic carbocycles. The third kappa shape index (κ3) is 2.02. The molecule has 3 nitrogen and oxygen atoms in total. The summed E-state index contributed by atoms with van der Waals surface area (Å²) >= 11 is 0. The van der Waals surface area contributed by atoms with Crippen molar-refractivity contribution in [3.63, 3.8) is 0 Å². The molecule has 2 atom stereocenters. The van der Waals surface area contributed by atoms with Crippen molar-refractivity contribution in [2.75, 3.05) is 0 Å². The van der Waals surface area contributed by atoms with E-state index in [4.69, 9.17) is 10.8 Å². The molecule has 0 radical (unpaired) electrons. The molecule has 3 N–H and O–H groups in total. The summed E-state index contributed by atoms with van der Waals surface area (Å²) < 4.78 is 0. The lowest BCUT2D eigenvalue weighted by Gasteiger charge is -2.33. The third-order valence-electron chi connectivity index (χ3n) is 3.67. The molecule has 13 heavy (non-hydrogen) atoms. The molecule has 0 amide bonds. The highest BCUT2D eigenvalue weighted by Gasteiger charge is 2.39. The van der Waals surface area contributed by atoms with Gasteiger partial charge in [0, 0.05) is 0 Å². The van der Waals surface area contributed by atoms with Crippen LogP contribution in [0, 0.1) is 11.3 Å². The van der Waals surface area contributed by atoms with Crippen LogP contribution in [0.15, 0.2) is 0 Å². The SMILES string of the molecule is CC(C(N)C(=O)O)C1(C)CCCC1. The van der Waals surface area contributed by atoms with Crippen molar-refractivity contribution in [2.24, 2.45) is 17.1 Å². The van der Waals surface area contributed by atoms with E-state index in [-0.39, 0.29) is 11.3 Å². The fraction of sp³-hybridized carbons (Fsp3) is 0.900. The maximum absolute atomic E-state index is 10.7. The normalized spacial score (nSPS) is 25.5. The zero-order valence-corrected chi connectivity index (χ0v) is 8.42. The number of aliphatic carboxylic acids is 1. The molecule has 0 saturated heterocycles. The summed E-state index contributed by atoms with van der Waals surface area (Å²) in [5.74, 6) is -0.798. The molecule has 0 spiro atoms. The molecule has 1 rings (SSSR count). The van der Waals surface area contributed by atoms with Crippen LogP contribution in [-0.4, -0.2) is 17.1 Å². The Labute approximate surface area is 79.3 Å². The Morgan fingerprint density at radius 2 is 1.92 bits per heavy atom. The topological polar surface area (TPSA) is 63.3 Å². The lowest BCUT2D eigenvalue weighted by Crippen LogP contribution is -2.43. The van der Waals surface area contributed by atoms with Gasteiger partial charge in [0.1, 0.15) is 6.04 Å². The van der Waals surface area contributed by atoms with Gasteiger partial charge in [-0.25, -0.2) is 0 Å². The van der Waals surface area contributed by atoms with Crippen LogP contribution in [0.5, 0.6) is 0 Å². The quantitative estimate of drug-likeness (QED) is 0.702. The van der Waals surface area contributed by atoms with E-state index < -0.39 is 12.0 Å². The molecule has 0 aromatic rings. The fourth-order valence-electron chi connectivity index (χ4n) is 2.29. The van der Waals surface area contributed by atoms with Crippen LogP contribution in [0.4, 0.5) is 0 Å². The molecule has 76 valence electrons. The maximum atomic E-state index is 10.7. The highest BCUT2D eigenvalue weighted by molar-refractivity contribution is 5.73. The molecule has 0 heterocycles. The van der Waals surface area contributed by atoms with Crippen LogP contribution in [0.3, 0.4) is 0 Å². The van der Waals surface area contributed by atoms with Crippen LogP contribution in [-0.2, 0) is 4.79 Å². The minimum atomic E-state index is -0.874. The Balaban J connectivity index is 2.64. The van der Waals surface area contributed by atoms with Gasteiger partial charge in [-0.2, -0.15) is 0 Å². The van der Waals surface area contributed by atoms with Crippen LogP contribution in [0.1, 0.15) is 39.5 Å². The van der Waals surface area contributed by atoms with Crippen molar-refractivity contribution in [2.45, 2.75) is 45.6 Å². The summed E-state index contributed by atoms with van der Waals surface area (Å²) in [4.78, 5) is 10.7. The number of hydrogen-bond acceptors (Lipinski definition) is 2. The average molecular weight is 185 g/mol. The van der Waals surface area contributed by atoms with E-state index in [0.29, 0.717) is 0 Å². The Hall–Kier alpha value is -0.570. The lowest BCUT2D eigenvalue weighted by molar-refractivity contribution is -0.141. The van der Waals surface area contributed by atoms with Crippen molar-refractivity contribution < 1.29 is 9.90 Å². The highest BCUT2D eigenvalue weighted by atomic mass is 16.4. The molecular weight excluding hydrogens is 166 g/mol. The second-order valence-electron chi connectivity index (χ2n) is 4.51. The Kier molecular flexibility index (Phi) is 2.96. The van der Waals surface area contributed by atoms with Crippen molar-refractivity contribution >= 4 is 5.97 Å². The van der Waals surface area contributed by atoms with Gasteiger partial charge in [-0.3, -0.25) is 4.79 Å². The summed E-state index contributed by atoms with van der Waals surface area (Å²) in [5.41, 5.74) is 5.78.